The van der Waals surface area contributed by atoms with Gasteiger partial charge in [0.25, 0.3) is 0 Å². The maximum absolute atomic E-state index is 8.81. The van der Waals surface area contributed by atoms with E-state index in [4.69, 9.17) is 9.59 Å². The van der Waals surface area contributed by atoms with Crippen molar-refractivity contribution in [3.63, 3.8) is 0 Å². The number of hydrogen-bond acceptors (Lipinski definition) is 7. The molecule has 12 nitrogen and oxygen atoms in total. The maximum Gasteiger partial charge on any atom is 1.00 e. The Kier molecular flexibility index (Phi) is 24.0. The predicted octanol–water partition coefficient (Wildman–Crippen LogP) is 0.380. The third-order valence-electron chi connectivity index (χ3n) is 4.34. The number of halogens is 1. The van der Waals surface area contributed by atoms with Gasteiger partial charge in [0.2, 0.25) is 0 Å². The van der Waals surface area contributed by atoms with Crippen LogP contribution >= 0.6 is 24.0 Å². The fourth-order valence-electron chi connectivity index (χ4n) is 2.59. The van der Waals surface area contributed by atoms with E-state index in [1.807, 2.05) is 35.6 Å². The van der Waals surface area contributed by atoms with Crippen LogP contribution in [0.5, 0.6) is 0 Å². The molecule has 0 aliphatic heterocycles. The van der Waals surface area contributed by atoms with Gasteiger partial charge in [0.05, 0.1) is 0 Å². The van der Waals surface area contributed by atoms with E-state index in [1.54, 1.807) is 37.2 Å². The summed E-state index contributed by atoms with van der Waals surface area (Å²) in [6.07, 6.45) is 14.6. The van der Waals surface area contributed by atoms with Crippen molar-refractivity contribution in [1.29, 1.82) is 0 Å². The number of nitrogens with one attached hydrogen (secondary N) is 2. The Labute approximate surface area is 282 Å². The van der Waals surface area contributed by atoms with Crippen LogP contribution in [0.2, 0.25) is 0 Å². The smallest absolute Gasteiger partial charge is 1.00 e. The Hall–Kier alpha value is -2.31. The van der Waals surface area contributed by atoms with Crippen molar-refractivity contribution in [2.45, 2.75) is 13.8 Å². The topological polar surface area (TPSA) is 194 Å². The van der Waals surface area contributed by atoms with Gasteiger partial charge in [-0.15, -0.1) is 24.0 Å². The maximum atomic E-state index is 8.81. The predicted molar refractivity (Wildman–Crippen MR) is 155 cm³/mol. The molecule has 7 N–H and O–H groups in total. The second kappa shape index (κ2) is 22.7. The molecule has 14 heteroatoms. The Morgan fingerprint density at radius 1 is 0.711 bits per heavy atom. The van der Waals surface area contributed by atoms with Crippen LogP contribution in [0.4, 0.5) is 0 Å². The SMILES string of the molecule is Cc1ccc(C)cc1.Cn1ccnc1-c1nccn1C.I.N.O.O=CC=O.[H-].[K+].c1c[nH]c(-c2ncc[nH]2)n1. The fraction of sp³-hybridized carbons (Fsp3) is 0.167. The summed E-state index contributed by atoms with van der Waals surface area (Å²) in [6.45, 7) is 4.19. The van der Waals surface area contributed by atoms with Crippen molar-refractivity contribution < 1.29 is 67.9 Å². The zero-order valence-electron chi connectivity index (χ0n) is 23.2. The number of rotatable bonds is 3. The van der Waals surface area contributed by atoms with Gasteiger partial charge < -0.3 is 32.2 Å². The van der Waals surface area contributed by atoms with Crippen molar-refractivity contribution in [1.82, 2.24) is 45.2 Å². The minimum atomic E-state index is 0. The van der Waals surface area contributed by atoms with Crippen LogP contribution in [0.15, 0.2) is 73.8 Å². The van der Waals surface area contributed by atoms with Crippen molar-refractivity contribution >= 4 is 36.5 Å². The summed E-state index contributed by atoms with van der Waals surface area (Å²) >= 11 is 0. The van der Waals surface area contributed by atoms with Crippen molar-refractivity contribution in [3.05, 3.63) is 85.0 Å². The number of aldehydes is 2. The zero-order chi connectivity index (χ0) is 24.8. The van der Waals surface area contributed by atoms with Crippen molar-refractivity contribution in [2.24, 2.45) is 14.1 Å². The largest absolute Gasteiger partial charge is 1.00 e. The number of aromatic amines is 2. The fourth-order valence-corrected chi connectivity index (χ4v) is 2.59. The molecule has 0 amide bonds. The summed E-state index contributed by atoms with van der Waals surface area (Å²) in [4.78, 5) is 39.9. The van der Waals surface area contributed by atoms with Crippen LogP contribution in [-0.4, -0.2) is 57.1 Å². The summed E-state index contributed by atoms with van der Waals surface area (Å²) < 4.78 is 3.89. The summed E-state index contributed by atoms with van der Waals surface area (Å²) in [5.41, 5.74) is 2.66. The van der Waals surface area contributed by atoms with E-state index >= 15 is 0 Å². The molecule has 4 heterocycles. The van der Waals surface area contributed by atoms with Gasteiger partial charge in [-0.05, 0) is 13.8 Å². The minimum Gasteiger partial charge on any atom is -1.00 e. The molecule has 5 aromatic rings. The molecule has 0 aliphatic rings. The Bertz CT molecular complexity index is 1150. The molecule has 0 radical (unpaired) electrons. The van der Waals surface area contributed by atoms with Gasteiger partial charge in [-0.3, -0.25) is 9.59 Å². The van der Waals surface area contributed by atoms with E-state index in [0.717, 1.165) is 23.3 Å². The minimum absolute atomic E-state index is 0. The van der Waals surface area contributed by atoms with Crippen LogP contribution in [-0.2, 0) is 23.7 Å². The van der Waals surface area contributed by atoms with Crippen LogP contribution < -0.4 is 57.5 Å². The summed E-state index contributed by atoms with van der Waals surface area (Å²) in [5.74, 6) is 3.32. The van der Waals surface area contributed by atoms with Crippen LogP contribution in [0, 0.1) is 13.8 Å². The average molecular weight is 664 g/mol. The van der Waals surface area contributed by atoms with E-state index in [-0.39, 0.29) is 101 Å². The van der Waals surface area contributed by atoms with Gasteiger partial charge in [0.1, 0.15) is 0 Å². The van der Waals surface area contributed by atoms with E-state index in [0.29, 0.717) is 0 Å². The molecule has 202 valence electrons. The third-order valence-corrected chi connectivity index (χ3v) is 4.34. The molecule has 0 bridgehead atoms. The first-order valence-electron chi connectivity index (χ1n) is 10.3. The van der Waals surface area contributed by atoms with Gasteiger partial charge in [0, 0.05) is 63.7 Å². The number of aryl methyl sites for hydroxylation is 4. The van der Waals surface area contributed by atoms with E-state index < -0.39 is 0 Å². The summed E-state index contributed by atoms with van der Waals surface area (Å²) in [5, 5.41) is 0. The zero-order valence-corrected chi connectivity index (χ0v) is 27.7. The normalized spacial score (nSPS) is 8.42. The monoisotopic (exact) mass is 663 g/mol. The molecule has 38 heavy (non-hydrogen) atoms. The average Bonchev–Trinajstić information content (AvgIpc) is 3.65. The summed E-state index contributed by atoms with van der Waals surface area (Å²) in [6, 6.07) is 8.48. The molecular formula is C24H35IKN9O3. The standard InChI is InChI=1S/C8H10N4.C8H10.C6H6N4.C2H2O2.HI.K.H3N.H2O.H/c1-11-5-3-9-7(11)8-10-4-6-12(8)2;1-7-3-5-8(2)6-4-7;1-2-8-5(7-1)6-9-3-4-10-6;3-1-2-4;;;;;/h3-6H,1-2H3;3-6H,1-2H3;1-4H,(H,7,8)(H,9,10);1-2H;1H;;1H3;1H2;/q;;;;;+1;;;-1. The van der Waals surface area contributed by atoms with Gasteiger partial charge in [-0.2, -0.15) is 0 Å². The van der Waals surface area contributed by atoms with Crippen molar-refractivity contribution in [3.8, 4) is 23.3 Å². The molecule has 1 aromatic carbocycles. The molecule has 0 spiro atoms. The molecule has 0 aliphatic carbocycles. The molecule has 4 aromatic heterocycles. The number of carbonyl (C=O) groups excluding carboxylic acids is 2. The Balaban J connectivity index is -0.000000211. The van der Waals surface area contributed by atoms with E-state index in [2.05, 4.69) is 68.0 Å². The van der Waals surface area contributed by atoms with Gasteiger partial charge in [0.15, 0.2) is 35.9 Å². The number of hydrogen-bond donors (Lipinski definition) is 3. The first-order chi connectivity index (χ1) is 16.5. The molecule has 5 rings (SSSR count). The molecular weight excluding hydrogens is 628 g/mol. The van der Waals surface area contributed by atoms with Crippen LogP contribution in [0.25, 0.3) is 23.3 Å². The number of benzene rings is 1. The molecule has 0 atom stereocenters. The van der Waals surface area contributed by atoms with Gasteiger partial charge in [-0.25, -0.2) is 19.9 Å². The number of carbonyl (C=O) groups is 2. The molecule has 0 saturated carbocycles. The van der Waals surface area contributed by atoms with Gasteiger partial charge in [-0.1, -0.05) is 35.4 Å². The van der Waals surface area contributed by atoms with Crippen molar-refractivity contribution in [2.75, 3.05) is 0 Å². The van der Waals surface area contributed by atoms with E-state index in [1.165, 1.54) is 11.1 Å². The molecule has 0 unspecified atom stereocenters. The first kappa shape index (κ1) is 40.2. The number of aromatic nitrogens is 8. The second-order valence-electron chi connectivity index (χ2n) is 7.03. The number of H-pyrrole nitrogens is 2. The molecule has 0 fully saturated rings. The quantitative estimate of drug-likeness (QED) is 0.107. The second-order valence-corrected chi connectivity index (χ2v) is 7.03. The first-order valence-corrected chi connectivity index (χ1v) is 10.3. The Morgan fingerprint density at radius 3 is 1.26 bits per heavy atom. The molecule has 0 saturated heterocycles. The van der Waals surface area contributed by atoms with Crippen LogP contribution in [0.3, 0.4) is 0 Å². The van der Waals surface area contributed by atoms with Gasteiger partial charge >= 0.3 is 51.4 Å². The van der Waals surface area contributed by atoms with E-state index in [9.17, 15) is 0 Å². The van der Waals surface area contributed by atoms with Crippen LogP contribution in [0.1, 0.15) is 12.6 Å². The number of nitrogens with zero attached hydrogens (tertiary/aromatic N) is 6. The Morgan fingerprint density at radius 2 is 1.05 bits per heavy atom. The third kappa shape index (κ3) is 14.0. The number of imidazole rings is 4. The summed E-state index contributed by atoms with van der Waals surface area (Å²) in [7, 11) is 3.91.